The van der Waals surface area contributed by atoms with E-state index in [4.69, 9.17) is 0 Å². The summed E-state index contributed by atoms with van der Waals surface area (Å²) in [7, 11) is 0. The van der Waals surface area contributed by atoms with Gasteiger partial charge in [-0.05, 0) is 85.3 Å². The number of carbonyl (C=O) groups is 2. The van der Waals surface area contributed by atoms with Crippen LogP contribution < -0.4 is 10.6 Å². The van der Waals surface area contributed by atoms with E-state index in [-0.39, 0.29) is 29.6 Å². The molecule has 0 aliphatic heterocycles. The number of anilines is 1. The Kier molecular flexibility index (Phi) is 6.36. The van der Waals surface area contributed by atoms with Crippen molar-refractivity contribution < 1.29 is 14.0 Å². The van der Waals surface area contributed by atoms with Crippen molar-refractivity contribution in [1.29, 1.82) is 0 Å². The van der Waals surface area contributed by atoms with Gasteiger partial charge in [0.25, 0.3) is 0 Å². The Morgan fingerprint density at radius 2 is 1.71 bits per heavy atom. The van der Waals surface area contributed by atoms with Crippen molar-refractivity contribution in [3.05, 3.63) is 89.7 Å². The summed E-state index contributed by atoms with van der Waals surface area (Å²) < 4.78 is 13.5. The molecule has 0 radical (unpaired) electrons. The summed E-state index contributed by atoms with van der Waals surface area (Å²) >= 11 is 0. The van der Waals surface area contributed by atoms with E-state index in [1.807, 2.05) is 55.5 Å². The number of fused-ring (bicyclic) bond motifs is 1. The minimum Gasteiger partial charge on any atom is -0.354 e. The molecule has 5 rings (SSSR count). The standard InChI is InChI=1S/C29H28FN3O2/c1-18(19-10-14-23(15-11-19)32-29(35)21-6-7-21)31-27(34)17-16-25-24-4-2-3-5-26(24)33-28(25)20-8-12-22(30)13-9-20/h2-5,8-15,18,21,33H,6-7,16-17H2,1H3,(H,31,34)(H,32,35). The Morgan fingerprint density at radius 1 is 1.00 bits per heavy atom. The maximum absolute atomic E-state index is 13.5. The first kappa shape index (κ1) is 22.8. The molecule has 1 fully saturated rings. The number of halogens is 1. The van der Waals surface area contributed by atoms with Gasteiger partial charge in [-0.1, -0.05) is 30.3 Å². The fraction of sp³-hybridized carbons (Fsp3) is 0.241. The normalized spacial score (nSPS) is 14.0. The third-order valence-electron chi connectivity index (χ3n) is 6.55. The first-order valence-electron chi connectivity index (χ1n) is 12.0. The van der Waals surface area contributed by atoms with Gasteiger partial charge >= 0.3 is 0 Å². The fourth-order valence-electron chi connectivity index (χ4n) is 4.40. The quantitative estimate of drug-likeness (QED) is 0.290. The van der Waals surface area contributed by atoms with Gasteiger partial charge in [-0.25, -0.2) is 4.39 Å². The Labute approximate surface area is 203 Å². The smallest absolute Gasteiger partial charge is 0.227 e. The predicted octanol–water partition coefficient (Wildman–Crippen LogP) is 6.13. The molecule has 6 heteroatoms. The van der Waals surface area contributed by atoms with E-state index >= 15 is 0 Å². The van der Waals surface area contributed by atoms with Crippen molar-refractivity contribution in [2.75, 3.05) is 5.32 Å². The van der Waals surface area contributed by atoms with Crippen LogP contribution in [0.2, 0.25) is 0 Å². The van der Waals surface area contributed by atoms with Crippen LogP contribution in [0.5, 0.6) is 0 Å². The van der Waals surface area contributed by atoms with Gasteiger partial charge in [0.2, 0.25) is 11.8 Å². The molecule has 1 aliphatic carbocycles. The molecule has 0 saturated heterocycles. The molecule has 1 unspecified atom stereocenters. The second kappa shape index (κ2) is 9.74. The van der Waals surface area contributed by atoms with Gasteiger partial charge in [-0.2, -0.15) is 0 Å². The number of hydrogen-bond donors (Lipinski definition) is 3. The number of nitrogens with one attached hydrogen (secondary N) is 3. The van der Waals surface area contributed by atoms with Crippen LogP contribution in [0.25, 0.3) is 22.2 Å². The molecule has 0 spiro atoms. The monoisotopic (exact) mass is 469 g/mol. The molecular formula is C29H28FN3O2. The number of carbonyl (C=O) groups excluding carboxylic acids is 2. The lowest BCUT2D eigenvalue weighted by atomic mass is 10.0. The lowest BCUT2D eigenvalue weighted by Crippen LogP contribution is -2.26. The Balaban J connectivity index is 1.24. The molecule has 1 atom stereocenters. The first-order valence-corrected chi connectivity index (χ1v) is 12.0. The van der Waals surface area contributed by atoms with Crippen molar-refractivity contribution >= 4 is 28.4 Å². The number of amides is 2. The van der Waals surface area contributed by atoms with Gasteiger partial charge in [0.15, 0.2) is 0 Å². The third-order valence-corrected chi connectivity index (χ3v) is 6.55. The summed E-state index contributed by atoms with van der Waals surface area (Å²) in [5.41, 5.74) is 5.59. The van der Waals surface area contributed by atoms with Crippen LogP contribution in [0.1, 0.15) is 43.4 Å². The van der Waals surface area contributed by atoms with E-state index in [2.05, 4.69) is 15.6 Å². The Bertz CT molecular complexity index is 1360. The maximum atomic E-state index is 13.5. The molecule has 3 N–H and O–H groups in total. The van der Waals surface area contributed by atoms with Gasteiger partial charge in [0, 0.05) is 34.6 Å². The SMILES string of the molecule is CC(NC(=O)CCc1c(-c2ccc(F)cc2)[nH]c2ccccc12)c1ccc(NC(=O)C2CC2)cc1. The van der Waals surface area contributed by atoms with Gasteiger partial charge in [-0.15, -0.1) is 0 Å². The number of aryl methyl sites for hydroxylation is 1. The van der Waals surface area contributed by atoms with Crippen LogP contribution in [-0.4, -0.2) is 16.8 Å². The van der Waals surface area contributed by atoms with E-state index in [9.17, 15) is 14.0 Å². The largest absolute Gasteiger partial charge is 0.354 e. The molecule has 178 valence electrons. The zero-order valence-electron chi connectivity index (χ0n) is 19.6. The van der Waals surface area contributed by atoms with Crippen molar-refractivity contribution in [2.24, 2.45) is 5.92 Å². The molecule has 1 heterocycles. The number of aromatic amines is 1. The fourth-order valence-corrected chi connectivity index (χ4v) is 4.40. The molecule has 1 saturated carbocycles. The molecule has 2 amide bonds. The van der Waals surface area contributed by atoms with E-state index in [0.29, 0.717) is 12.8 Å². The topological polar surface area (TPSA) is 74.0 Å². The second-order valence-corrected chi connectivity index (χ2v) is 9.21. The number of hydrogen-bond acceptors (Lipinski definition) is 2. The zero-order chi connectivity index (χ0) is 24.4. The lowest BCUT2D eigenvalue weighted by molar-refractivity contribution is -0.121. The van der Waals surface area contributed by atoms with Crippen molar-refractivity contribution in [2.45, 2.75) is 38.6 Å². The van der Waals surface area contributed by atoms with E-state index in [1.54, 1.807) is 12.1 Å². The third kappa shape index (κ3) is 5.27. The molecule has 35 heavy (non-hydrogen) atoms. The van der Waals surface area contributed by atoms with Crippen LogP contribution in [0.15, 0.2) is 72.8 Å². The van der Waals surface area contributed by atoms with Gasteiger partial charge in [0.05, 0.1) is 6.04 Å². The van der Waals surface area contributed by atoms with Gasteiger partial charge in [-0.3, -0.25) is 9.59 Å². The maximum Gasteiger partial charge on any atom is 0.227 e. The number of aromatic nitrogens is 1. The second-order valence-electron chi connectivity index (χ2n) is 9.21. The van der Waals surface area contributed by atoms with Crippen molar-refractivity contribution in [3.63, 3.8) is 0 Å². The van der Waals surface area contributed by atoms with Crippen LogP contribution >= 0.6 is 0 Å². The summed E-state index contributed by atoms with van der Waals surface area (Å²) in [5, 5.41) is 7.08. The highest BCUT2D eigenvalue weighted by atomic mass is 19.1. The molecule has 4 aromatic rings. The van der Waals surface area contributed by atoms with Crippen LogP contribution in [0, 0.1) is 11.7 Å². The van der Waals surface area contributed by atoms with Crippen LogP contribution in [-0.2, 0) is 16.0 Å². The molecule has 0 bridgehead atoms. The highest BCUT2D eigenvalue weighted by Crippen LogP contribution is 2.32. The van der Waals surface area contributed by atoms with Crippen molar-refractivity contribution in [3.8, 4) is 11.3 Å². The average Bonchev–Trinajstić information content (AvgIpc) is 3.65. The minimum atomic E-state index is -0.280. The van der Waals surface area contributed by atoms with Crippen molar-refractivity contribution in [1.82, 2.24) is 10.3 Å². The molecule has 1 aliphatic rings. The number of H-pyrrole nitrogens is 1. The zero-order valence-corrected chi connectivity index (χ0v) is 19.6. The average molecular weight is 470 g/mol. The number of benzene rings is 3. The van der Waals surface area contributed by atoms with E-state index in [0.717, 1.165) is 51.8 Å². The molecule has 5 nitrogen and oxygen atoms in total. The lowest BCUT2D eigenvalue weighted by Gasteiger charge is -2.15. The Morgan fingerprint density at radius 3 is 2.43 bits per heavy atom. The summed E-state index contributed by atoms with van der Waals surface area (Å²) in [5.74, 6) is -0.0814. The predicted molar refractivity (Wildman–Crippen MR) is 136 cm³/mol. The molecule has 3 aromatic carbocycles. The summed E-state index contributed by atoms with van der Waals surface area (Å²) in [6.07, 6.45) is 2.82. The Hall–Kier alpha value is -3.93. The van der Waals surface area contributed by atoms with Crippen LogP contribution in [0.3, 0.4) is 0 Å². The highest BCUT2D eigenvalue weighted by Gasteiger charge is 2.29. The summed E-state index contributed by atoms with van der Waals surface area (Å²) in [6.45, 7) is 1.95. The number of para-hydroxylation sites is 1. The van der Waals surface area contributed by atoms with Crippen LogP contribution in [0.4, 0.5) is 10.1 Å². The summed E-state index contributed by atoms with van der Waals surface area (Å²) in [4.78, 5) is 28.2. The van der Waals surface area contributed by atoms with E-state index < -0.39 is 0 Å². The molecular weight excluding hydrogens is 441 g/mol. The number of rotatable bonds is 8. The summed E-state index contributed by atoms with van der Waals surface area (Å²) in [6, 6.07) is 21.8. The first-order chi connectivity index (χ1) is 17.0. The minimum absolute atomic E-state index is 0.0426. The highest BCUT2D eigenvalue weighted by molar-refractivity contribution is 5.94. The van der Waals surface area contributed by atoms with Gasteiger partial charge < -0.3 is 15.6 Å². The van der Waals surface area contributed by atoms with E-state index in [1.165, 1.54) is 12.1 Å². The molecule has 1 aromatic heterocycles. The van der Waals surface area contributed by atoms with Gasteiger partial charge in [0.1, 0.15) is 5.82 Å².